The first kappa shape index (κ1) is 18.6. The second-order valence-corrected chi connectivity index (χ2v) is 6.12. The molecule has 0 radical (unpaired) electrons. The molecule has 0 aliphatic carbocycles. The molecule has 9 heteroatoms. The second kappa shape index (κ2) is 7.19. The van der Waals surface area contributed by atoms with Crippen LogP contribution in [0.2, 0.25) is 5.02 Å². The van der Waals surface area contributed by atoms with Crippen molar-refractivity contribution >= 4 is 11.6 Å². The molecule has 0 bridgehead atoms. The van der Waals surface area contributed by atoms with E-state index in [1.54, 1.807) is 12.1 Å². The van der Waals surface area contributed by atoms with Gasteiger partial charge in [0.2, 0.25) is 0 Å². The number of morpholine rings is 1. The Morgan fingerprint density at radius 2 is 1.81 bits per heavy atom. The van der Waals surface area contributed by atoms with Gasteiger partial charge in [-0.25, -0.2) is 0 Å². The Kier molecular flexibility index (Phi) is 5.14. The van der Waals surface area contributed by atoms with Crippen molar-refractivity contribution in [1.82, 2.24) is 14.9 Å². The Morgan fingerprint density at radius 3 is 2.35 bits per heavy atom. The van der Waals surface area contributed by atoms with Crippen LogP contribution in [0.5, 0.6) is 0 Å². The minimum Gasteiger partial charge on any atom is -0.379 e. The summed E-state index contributed by atoms with van der Waals surface area (Å²) < 4.78 is 44.2. The predicted molar refractivity (Wildman–Crippen MR) is 87.3 cm³/mol. The summed E-state index contributed by atoms with van der Waals surface area (Å²) in [5, 5.41) is 9.90. The zero-order valence-electron chi connectivity index (χ0n) is 13.5. The first-order valence-electron chi connectivity index (χ1n) is 7.77. The lowest BCUT2D eigenvalue weighted by Crippen LogP contribution is -2.52. The van der Waals surface area contributed by atoms with E-state index in [-0.39, 0.29) is 10.7 Å². The second-order valence-electron chi connectivity index (χ2n) is 5.71. The fourth-order valence-corrected chi connectivity index (χ4v) is 3.31. The van der Waals surface area contributed by atoms with Crippen molar-refractivity contribution < 1.29 is 17.9 Å². The summed E-state index contributed by atoms with van der Waals surface area (Å²) in [4.78, 5) is 9.72. The van der Waals surface area contributed by atoms with E-state index in [9.17, 15) is 18.4 Å². The maximum atomic E-state index is 13.0. The summed E-state index contributed by atoms with van der Waals surface area (Å²) in [6.45, 7) is 1.61. The van der Waals surface area contributed by atoms with E-state index < -0.39 is 17.3 Å². The van der Waals surface area contributed by atoms with Crippen LogP contribution in [0.3, 0.4) is 0 Å². The van der Waals surface area contributed by atoms with E-state index in [1.807, 2.05) is 4.90 Å². The van der Waals surface area contributed by atoms with Gasteiger partial charge in [0.1, 0.15) is 0 Å². The van der Waals surface area contributed by atoms with Crippen LogP contribution in [0.15, 0.2) is 36.8 Å². The van der Waals surface area contributed by atoms with Gasteiger partial charge in [-0.3, -0.25) is 14.9 Å². The SMILES string of the molecule is N#C[C@@](c1ccncc1)(c1ncc(C(F)(F)F)cc1Cl)N1CCOCC1. The first-order valence-corrected chi connectivity index (χ1v) is 8.15. The number of rotatable bonds is 3. The number of ether oxygens (including phenoxy) is 1. The van der Waals surface area contributed by atoms with Crippen LogP contribution < -0.4 is 0 Å². The summed E-state index contributed by atoms with van der Waals surface area (Å²) in [7, 11) is 0. The zero-order chi connectivity index (χ0) is 18.8. The fraction of sp³-hybridized carbons (Fsp3) is 0.353. The molecule has 1 aliphatic rings. The van der Waals surface area contributed by atoms with Crippen LogP contribution in [0, 0.1) is 11.3 Å². The highest BCUT2D eigenvalue weighted by Crippen LogP contribution is 2.40. The number of pyridine rings is 2. The largest absolute Gasteiger partial charge is 0.417 e. The van der Waals surface area contributed by atoms with Crippen LogP contribution in [0.1, 0.15) is 16.8 Å². The third kappa shape index (κ3) is 3.26. The summed E-state index contributed by atoms with van der Waals surface area (Å²) in [6, 6.07) is 6.30. The molecule has 136 valence electrons. The molecule has 1 atom stereocenters. The molecule has 0 aromatic carbocycles. The van der Waals surface area contributed by atoms with Crippen molar-refractivity contribution in [2.45, 2.75) is 11.7 Å². The summed E-state index contributed by atoms with van der Waals surface area (Å²) in [5.74, 6) is 0. The Labute approximate surface area is 153 Å². The molecular formula is C17H14ClF3N4O. The van der Waals surface area contributed by atoms with Crippen molar-refractivity contribution in [1.29, 1.82) is 5.26 Å². The lowest BCUT2D eigenvalue weighted by Gasteiger charge is -2.41. The number of aromatic nitrogens is 2. The average molecular weight is 383 g/mol. The smallest absolute Gasteiger partial charge is 0.379 e. The quantitative estimate of drug-likeness (QED) is 0.815. The normalized spacial score (nSPS) is 18.1. The van der Waals surface area contributed by atoms with Gasteiger partial charge >= 0.3 is 6.18 Å². The summed E-state index contributed by atoms with van der Waals surface area (Å²) in [5.41, 5.74) is -1.81. The summed E-state index contributed by atoms with van der Waals surface area (Å²) >= 11 is 6.18. The number of hydrogen-bond donors (Lipinski definition) is 0. The van der Waals surface area contributed by atoms with E-state index in [2.05, 4.69) is 16.0 Å². The van der Waals surface area contributed by atoms with Gasteiger partial charge in [0.05, 0.1) is 35.6 Å². The molecule has 2 aromatic rings. The van der Waals surface area contributed by atoms with Gasteiger partial charge in [-0.1, -0.05) is 11.6 Å². The third-order valence-corrected chi connectivity index (χ3v) is 4.54. The van der Waals surface area contributed by atoms with Crippen LogP contribution in [-0.4, -0.2) is 41.2 Å². The van der Waals surface area contributed by atoms with Crippen molar-refractivity contribution in [3.05, 3.63) is 58.6 Å². The predicted octanol–water partition coefficient (Wildman–Crippen LogP) is 3.25. The van der Waals surface area contributed by atoms with Crippen molar-refractivity contribution in [3.63, 3.8) is 0 Å². The maximum absolute atomic E-state index is 13.0. The van der Waals surface area contributed by atoms with E-state index in [0.717, 1.165) is 6.07 Å². The van der Waals surface area contributed by atoms with Crippen LogP contribution in [0.4, 0.5) is 13.2 Å². The minimum atomic E-state index is -4.57. The summed E-state index contributed by atoms with van der Waals surface area (Å²) in [6.07, 6.45) is -0.839. The van der Waals surface area contributed by atoms with E-state index >= 15 is 0 Å². The number of alkyl halides is 3. The first-order chi connectivity index (χ1) is 12.4. The van der Waals surface area contributed by atoms with Gasteiger partial charge in [-0.05, 0) is 23.8 Å². The lowest BCUT2D eigenvalue weighted by molar-refractivity contribution is -0.137. The molecule has 0 saturated carbocycles. The van der Waals surface area contributed by atoms with Crippen molar-refractivity contribution in [2.24, 2.45) is 0 Å². The molecule has 26 heavy (non-hydrogen) atoms. The number of nitriles is 1. The van der Waals surface area contributed by atoms with Gasteiger partial charge in [0.25, 0.3) is 0 Å². The highest BCUT2D eigenvalue weighted by molar-refractivity contribution is 6.31. The standard InChI is InChI=1S/C17H14ClF3N4O/c18-14-9-13(17(19,20)21)10-24-15(14)16(11-22,12-1-3-23-4-2-12)25-5-7-26-8-6-25/h1-4,9-10H,5-8H2/t16-/m1/s1. The molecule has 0 amide bonds. The van der Waals surface area contributed by atoms with Crippen molar-refractivity contribution in [3.8, 4) is 6.07 Å². The maximum Gasteiger partial charge on any atom is 0.417 e. The van der Waals surface area contributed by atoms with Gasteiger partial charge in [-0.15, -0.1) is 0 Å². The van der Waals surface area contributed by atoms with Crippen molar-refractivity contribution in [2.75, 3.05) is 26.3 Å². The molecule has 2 aromatic heterocycles. The van der Waals surface area contributed by atoms with Crippen LogP contribution >= 0.6 is 11.6 Å². The molecular weight excluding hydrogens is 369 g/mol. The average Bonchev–Trinajstić information content (AvgIpc) is 2.65. The number of hydrogen-bond acceptors (Lipinski definition) is 5. The molecule has 1 saturated heterocycles. The molecule has 5 nitrogen and oxygen atoms in total. The van der Waals surface area contributed by atoms with E-state index in [1.165, 1.54) is 12.4 Å². The molecule has 0 N–H and O–H groups in total. The van der Waals surface area contributed by atoms with Gasteiger partial charge in [0, 0.05) is 31.7 Å². The highest BCUT2D eigenvalue weighted by Gasteiger charge is 2.45. The monoisotopic (exact) mass is 382 g/mol. The van der Waals surface area contributed by atoms with E-state index in [0.29, 0.717) is 38.1 Å². The van der Waals surface area contributed by atoms with Crippen LogP contribution in [0.25, 0.3) is 0 Å². The van der Waals surface area contributed by atoms with Crippen LogP contribution in [-0.2, 0) is 16.5 Å². The Balaban J connectivity index is 2.20. The molecule has 1 fully saturated rings. The molecule has 3 rings (SSSR count). The molecule has 3 heterocycles. The minimum absolute atomic E-state index is 0.0581. The third-order valence-electron chi connectivity index (χ3n) is 4.26. The van der Waals surface area contributed by atoms with Gasteiger partial charge in [-0.2, -0.15) is 18.4 Å². The van der Waals surface area contributed by atoms with Gasteiger partial charge in [0.15, 0.2) is 5.54 Å². The Morgan fingerprint density at radius 1 is 1.15 bits per heavy atom. The number of nitrogens with zero attached hydrogens (tertiary/aromatic N) is 4. The number of halogens is 4. The van der Waals surface area contributed by atoms with Gasteiger partial charge < -0.3 is 4.74 Å². The molecule has 0 spiro atoms. The Bertz CT molecular complexity index is 819. The highest BCUT2D eigenvalue weighted by atomic mass is 35.5. The zero-order valence-corrected chi connectivity index (χ0v) is 14.3. The topological polar surface area (TPSA) is 62.0 Å². The molecule has 0 unspecified atom stereocenters. The lowest BCUT2D eigenvalue weighted by atomic mass is 9.85. The molecule has 1 aliphatic heterocycles. The Hall–Kier alpha value is -2.21. The fourth-order valence-electron chi connectivity index (χ4n) is 3.01. The van der Waals surface area contributed by atoms with E-state index in [4.69, 9.17) is 16.3 Å².